The molecule has 0 aliphatic heterocycles. The van der Waals surface area contributed by atoms with Gasteiger partial charge in [0.25, 0.3) is 0 Å². The topological polar surface area (TPSA) is 18.9 Å². The quantitative estimate of drug-likeness (QED) is 0.241. The number of halogens is 3. The Kier molecular flexibility index (Phi) is 6.44. The van der Waals surface area contributed by atoms with Gasteiger partial charge in [-0.15, -0.1) is 0 Å². The molecule has 0 amide bonds. The molecule has 0 aliphatic carbocycles. The molecule has 0 spiro atoms. The highest BCUT2D eigenvalue weighted by atomic mass is 19.4. The molecule has 6 heteroatoms. The van der Waals surface area contributed by atoms with E-state index in [1.165, 1.54) is 0 Å². The van der Waals surface area contributed by atoms with Crippen LogP contribution in [-0.4, -0.2) is 27.6 Å². The zero-order valence-corrected chi connectivity index (χ0v) is 18.7. The van der Waals surface area contributed by atoms with E-state index in [0.29, 0.717) is 12.1 Å². The average Bonchev–Trinajstić information content (AvgIpc) is 2.77. The van der Waals surface area contributed by atoms with Crippen molar-refractivity contribution in [3.63, 3.8) is 0 Å². The maximum atomic E-state index is 13.7. The molecule has 0 atom stereocenters. The summed E-state index contributed by atoms with van der Waals surface area (Å²) in [5, 5.41) is 0. The lowest BCUT2D eigenvalue weighted by atomic mass is 10.0. The van der Waals surface area contributed by atoms with E-state index in [1.54, 1.807) is 23.0 Å². The van der Waals surface area contributed by atoms with Crippen LogP contribution in [0.15, 0.2) is 60.7 Å². The van der Waals surface area contributed by atoms with E-state index < -0.39 is 11.7 Å². The number of aromatic nitrogens is 1. The normalized spacial score (nSPS) is 11.2. The fourth-order valence-electron chi connectivity index (χ4n) is 3.44. The number of alkyl halides is 3. The number of nitrogens with zero attached hydrogens (tertiary/aromatic N) is 3. The van der Waals surface area contributed by atoms with Crippen LogP contribution in [0.5, 0.6) is 0 Å². The standard InChI is InChI=1S/C26H26F3N3/c1-17-11-7-9-13-24(17)31(5)19(3)22-15-21(26(27,28)29)16-23(30-22)20(4)32(6)25-14-10-8-12-18(25)2/h7-16H,5-6H2,1-4H3. The molecule has 3 aromatic rings. The molecule has 0 saturated heterocycles. The van der Waals surface area contributed by atoms with Crippen molar-refractivity contribution in [2.75, 3.05) is 0 Å². The molecule has 0 N–H and O–H groups in total. The maximum absolute atomic E-state index is 13.7. The summed E-state index contributed by atoms with van der Waals surface area (Å²) < 4.78 is 44.5. The van der Waals surface area contributed by atoms with Crippen LogP contribution >= 0.6 is 0 Å². The second-order valence-corrected chi connectivity index (χ2v) is 7.72. The van der Waals surface area contributed by atoms with Crippen molar-refractivity contribution in [2.24, 2.45) is 0 Å². The monoisotopic (exact) mass is 437 g/mol. The summed E-state index contributed by atoms with van der Waals surface area (Å²) in [4.78, 5) is 4.56. The number of para-hydroxylation sites is 2. The van der Waals surface area contributed by atoms with Crippen molar-refractivity contribution >= 4 is 24.8 Å². The van der Waals surface area contributed by atoms with Crippen molar-refractivity contribution < 1.29 is 22.3 Å². The van der Waals surface area contributed by atoms with Crippen LogP contribution in [0, 0.1) is 25.9 Å². The number of hydrogen-bond donors (Lipinski definition) is 0. The number of pyridine rings is 1. The van der Waals surface area contributed by atoms with Gasteiger partial charge in [-0.25, -0.2) is 0 Å². The van der Waals surface area contributed by atoms with E-state index >= 15 is 0 Å². The summed E-state index contributed by atoms with van der Waals surface area (Å²) in [6, 6.07) is 18.2. The first-order valence-corrected chi connectivity index (χ1v) is 10.1. The highest BCUT2D eigenvalue weighted by Gasteiger charge is 2.31. The van der Waals surface area contributed by atoms with Gasteiger partial charge in [-0.05, 0) is 56.5 Å². The average molecular weight is 438 g/mol. The Labute approximate surface area is 187 Å². The van der Waals surface area contributed by atoms with Crippen LogP contribution in [0.1, 0.15) is 41.9 Å². The van der Waals surface area contributed by atoms with E-state index in [1.807, 2.05) is 62.4 Å². The van der Waals surface area contributed by atoms with Crippen molar-refractivity contribution in [2.45, 2.75) is 33.9 Å². The van der Waals surface area contributed by atoms with Crippen LogP contribution in [-0.2, 0) is 6.18 Å². The lowest BCUT2D eigenvalue weighted by molar-refractivity contribution is -0.409. The van der Waals surface area contributed by atoms with Crippen LogP contribution in [0.2, 0.25) is 0 Å². The van der Waals surface area contributed by atoms with Gasteiger partial charge in [0, 0.05) is 11.4 Å². The lowest BCUT2D eigenvalue weighted by Crippen LogP contribution is -2.19. The fourth-order valence-corrected chi connectivity index (χ4v) is 3.44. The van der Waals surface area contributed by atoms with Crippen molar-refractivity contribution in [1.82, 2.24) is 4.98 Å². The Morgan fingerprint density at radius 2 is 1.12 bits per heavy atom. The molecule has 0 radical (unpaired) electrons. The molecule has 0 bridgehead atoms. The zero-order chi connectivity index (χ0) is 23.6. The largest absolute Gasteiger partial charge is 0.400 e. The molecule has 2 aromatic carbocycles. The van der Waals surface area contributed by atoms with E-state index in [0.717, 1.165) is 34.6 Å². The van der Waals surface area contributed by atoms with Crippen LogP contribution in [0.25, 0.3) is 0 Å². The Hall–Kier alpha value is -3.54. The number of aryl methyl sites for hydroxylation is 2. The summed E-state index contributed by atoms with van der Waals surface area (Å²) in [5.41, 5.74) is 3.14. The van der Waals surface area contributed by atoms with E-state index in [-0.39, 0.29) is 11.4 Å². The molecule has 0 fully saturated rings. The fraction of sp³-hybridized carbons (Fsp3) is 0.192. The molecule has 3 rings (SSSR count). The number of rotatable bonds is 6. The SMILES string of the molecule is C=[N+](c1ccccc1C)[C-](C)c1cc(C(F)(F)F)cc([C-](C)[N+](=C)c2ccccc2C)n1. The van der Waals surface area contributed by atoms with Crippen LogP contribution in [0.4, 0.5) is 24.5 Å². The van der Waals surface area contributed by atoms with Crippen molar-refractivity contribution in [1.29, 1.82) is 0 Å². The molecule has 0 unspecified atom stereocenters. The predicted octanol–water partition coefficient (Wildman–Crippen LogP) is 6.61. The number of hydrogen-bond acceptors (Lipinski definition) is 1. The molecular formula is C26H26F3N3. The van der Waals surface area contributed by atoms with E-state index in [4.69, 9.17) is 0 Å². The first-order chi connectivity index (χ1) is 15.0. The van der Waals surface area contributed by atoms with Crippen LogP contribution in [0.3, 0.4) is 0 Å². The van der Waals surface area contributed by atoms with Gasteiger partial charge in [0.05, 0.1) is 13.4 Å². The van der Waals surface area contributed by atoms with Gasteiger partial charge in [-0.3, -0.25) is 14.1 Å². The van der Waals surface area contributed by atoms with Gasteiger partial charge >= 0.3 is 6.18 Å². The summed E-state index contributed by atoms with van der Waals surface area (Å²) in [7, 11) is 0. The smallest absolute Gasteiger partial charge is 0.290 e. The number of benzene rings is 2. The van der Waals surface area contributed by atoms with E-state index in [2.05, 4.69) is 18.4 Å². The summed E-state index contributed by atoms with van der Waals surface area (Å²) >= 11 is 0. The summed E-state index contributed by atoms with van der Waals surface area (Å²) in [6.07, 6.45) is -4.52. The Balaban J connectivity index is 2.06. The first-order valence-electron chi connectivity index (χ1n) is 10.1. The molecular weight excluding hydrogens is 411 g/mol. The second-order valence-electron chi connectivity index (χ2n) is 7.72. The summed E-state index contributed by atoms with van der Waals surface area (Å²) in [6.45, 7) is 15.4. The molecule has 1 aromatic heterocycles. The minimum absolute atomic E-state index is 0.200. The van der Waals surface area contributed by atoms with Gasteiger partial charge in [-0.2, -0.15) is 13.2 Å². The van der Waals surface area contributed by atoms with Gasteiger partial charge < -0.3 is 0 Å². The molecule has 0 saturated carbocycles. The highest BCUT2D eigenvalue weighted by molar-refractivity contribution is 5.45. The van der Waals surface area contributed by atoms with Crippen molar-refractivity contribution in [3.05, 3.63) is 101 Å². The molecule has 166 valence electrons. The molecule has 0 aliphatic rings. The van der Waals surface area contributed by atoms with E-state index in [9.17, 15) is 13.2 Å². The van der Waals surface area contributed by atoms with Gasteiger partial charge in [0.2, 0.25) is 0 Å². The minimum Gasteiger partial charge on any atom is -0.290 e. The van der Waals surface area contributed by atoms with Gasteiger partial charge in [0.15, 0.2) is 0 Å². The van der Waals surface area contributed by atoms with Gasteiger partial charge in [0.1, 0.15) is 23.5 Å². The summed E-state index contributed by atoms with van der Waals surface area (Å²) in [5.74, 6) is 0. The first kappa shape index (κ1) is 23.1. The second kappa shape index (κ2) is 8.91. The maximum Gasteiger partial charge on any atom is 0.400 e. The third-order valence-corrected chi connectivity index (χ3v) is 5.52. The molecule has 3 nitrogen and oxygen atoms in total. The molecule has 32 heavy (non-hydrogen) atoms. The third-order valence-electron chi connectivity index (χ3n) is 5.52. The zero-order valence-electron chi connectivity index (χ0n) is 18.7. The van der Waals surface area contributed by atoms with Crippen LogP contribution < -0.4 is 0 Å². The van der Waals surface area contributed by atoms with Gasteiger partial charge in [-0.1, -0.05) is 48.5 Å². The Morgan fingerprint density at radius 1 is 0.750 bits per heavy atom. The third kappa shape index (κ3) is 4.69. The minimum atomic E-state index is -4.52. The molecule has 1 heterocycles. The lowest BCUT2D eigenvalue weighted by Gasteiger charge is -2.24. The predicted molar refractivity (Wildman–Crippen MR) is 122 cm³/mol. The Bertz CT molecular complexity index is 1080. The van der Waals surface area contributed by atoms with Crippen molar-refractivity contribution in [3.8, 4) is 0 Å². The highest BCUT2D eigenvalue weighted by Crippen LogP contribution is 2.35. The Morgan fingerprint density at radius 3 is 1.47 bits per heavy atom.